The fourth-order valence-electron chi connectivity index (χ4n) is 0.805. The standard InChI is InChI=1S/C7H5O2/c1-2-6-7(8-4-1)3-5-9-6/h2-4H,5H2. The fourth-order valence-corrected chi connectivity index (χ4v) is 0.805. The molecule has 2 rings (SSSR count). The lowest BCUT2D eigenvalue weighted by Gasteiger charge is -2.05. The van der Waals surface area contributed by atoms with E-state index in [9.17, 15) is 0 Å². The molecule has 2 heterocycles. The normalized spacial score (nSPS) is 21.3. The van der Waals surface area contributed by atoms with E-state index < -0.39 is 0 Å². The van der Waals surface area contributed by atoms with E-state index in [0.717, 1.165) is 11.5 Å². The van der Waals surface area contributed by atoms with Gasteiger partial charge in [-0.15, -0.1) is 0 Å². The highest BCUT2D eigenvalue weighted by Gasteiger charge is 2.14. The van der Waals surface area contributed by atoms with Crippen molar-refractivity contribution >= 4 is 0 Å². The molecule has 0 spiro atoms. The molecular weight excluding hydrogens is 116 g/mol. The average molecular weight is 121 g/mol. The Morgan fingerprint density at radius 1 is 1.44 bits per heavy atom. The predicted octanol–water partition coefficient (Wildman–Crippen LogP) is 1.13. The van der Waals surface area contributed by atoms with Crippen molar-refractivity contribution in [3.05, 3.63) is 36.0 Å². The molecule has 0 aromatic rings. The first kappa shape index (κ1) is 4.68. The Balaban J connectivity index is 2.37. The van der Waals surface area contributed by atoms with Crippen LogP contribution in [0.1, 0.15) is 0 Å². The first-order chi connectivity index (χ1) is 4.47. The van der Waals surface area contributed by atoms with E-state index in [1.54, 1.807) is 6.08 Å². The summed E-state index contributed by atoms with van der Waals surface area (Å²) in [5.41, 5.74) is 0. The molecule has 1 radical (unpaired) electrons. The van der Waals surface area contributed by atoms with Gasteiger partial charge in [0, 0.05) is 6.08 Å². The van der Waals surface area contributed by atoms with Crippen molar-refractivity contribution in [1.82, 2.24) is 0 Å². The maximum atomic E-state index is 5.12. The minimum Gasteiger partial charge on any atom is -0.485 e. The number of allylic oxidation sites excluding steroid dienone is 2. The zero-order chi connectivity index (χ0) is 6.10. The smallest absolute Gasteiger partial charge is 0.167 e. The molecule has 0 fully saturated rings. The van der Waals surface area contributed by atoms with Crippen LogP contribution in [0.4, 0.5) is 0 Å². The molecule has 0 aromatic carbocycles. The molecule has 2 nitrogen and oxygen atoms in total. The third kappa shape index (κ3) is 0.633. The van der Waals surface area contributed by atoms with Gasteiger partial charge in [0.05, 0.1) is 6.26 Å². The summed E-state index contributed by atoms with van der Waals surface area (Å²) in [7, 11) is 0. The van der Waals surface area contributed by atoms with E-state index >= 15 is 0 Å². The Morgan fingerprint density at radius 3 is 3.33 bits per heavy atom. The van der Waals surface area contributed by atoms with Crippen LogP contribution in [0, 0.1) is 6.08 Å². The van der Waals surface area contributed by atoms with Crippen LogP contribution >= 0.6 is 0 Å². The Bertz CT molecular complexity index is 211. The van der Waals surface area contributed by atoms with Crippen molar-refractivity contribution in [2.75, 3.05) is 6.61 Å². The zero-order valence-corrected chi connectivity index (χ0v) is 4.76. The van der Waals surface area contributed by atoms with Gasteiger partial charge in [-0.1, -0.05) is 0 Å². The summed E-state index contributed by atoms with van der Waals surface area (Å²) >= 11 is 0. The van der Waals surface area contributed by atoms with Gasteiger partial charge in [-0.2, -0.15) is 0 Å². The summed E-state index contributed by atoms with van der Waals surface area (Å²) in [6.07, 6.45) is 7.96. The lowest BCUT2D eigenvalue weighted by atomic mass is 10.3. The predicted molar refractivity (Wildman–Crippen MR) is 31.0 cm³/mol. The van der Waals surface area contributed by atoms with Crippen LogP contribution in [0.3, 0.4) is 0 Å². The van der Waals surface area contributed by atoms with E-state index in [0.29, 0.717) is 6.61 Å². The van der Waals surface area contributed by atoms with E-state index in [1.807, 2.05) is 6.08 Å². The molecule has 0 saturated heterocycles. The Morgan fingerprint density at radius 2 is 2.44 bits per heavy atom. The molecule has 9 heavy (non-hydrogen) atoms. The topological polar surface area (TPSA) is 18.5 Å². The van der Waals surface area contributed by atoms with Crippen LogP contribution < -0.4 is 0 Å². The molecule has 2 aliphatic rings. The van der Waals surface area contributed by atoms with Crippen molar-refractivity contribution in [3.8, 4) is 0 Å². The monoisotopic (exact) mass is 121 g/mol. The first-order valence-electron chi connectivity index (χ1n) is 2.75. The summed E-state index contributed by atoms with van der Waals surface area (Å²) in [4.78, 5) is 0. The van der Waals surface area contributed by atoms with Gasteiger partial charge < -0.3 is 9.47 Å². The van der Waals surface area contributed by atoms with Crippen molar-refractivity contribution in [2.24, 2.45) is 0 Å². The molecule has 0 aromatic heterocycles. The summed E-state index contributed by atoms with van der Waals surface area (Å²) in [5.74, 6) is 1.60. The Hall–Kier alpha value is -1.18. The van der Waals surface area contributed by atoms with E-state index in [-0.39, 0.29) is 0 Å². The second kappa shape index (κ2) is 1.65. The summed E-state index contributed by atoms with van der Waals surface area (Å²) in [5, 5.41) is 0. The molecule has 0 N–H and O–H groups in total. The van der Waals surface area contributed by atoms with Crippen molar-refractivity contribution in [2.45, 2.75) is 0 Å². The van der Waals surface area contributed by atoms with Crippen molar-refractivity contribution in [1.29, 1.82) is 0 Å². The van der Waals surface area contributed by atoms with Gasteiger partial charge in [-0.3, -0.25) is 0 Å². The minimum absolute atomic E-state index is 0.622. The molecule has 0 unspecified atom stereocenters. The van der Waals surface area contributed by atoms with Gasteiger partial charge in [-0.05, 0) is 12.2 Å². The number of ether oxygens (including phenoxy) is 2. The minimum atomic E-state index is 0.622. The molecule has 0 amide bonds. The number of hydrogen-bond donors (Lipinski definition) is 0. The van der Waals surface area contributed by atoms with E-state index in [1.165, 1.54) is 6.26 Å². The van der Waals surface area contributed by atoms with Crippen LogP contribution in [0.15, 0.2) is 29.9 Å². The number of fused-ring (bicyclic) bond motifs is 1. The van der Waals surface area contributed by atoms with Gasteiger partial charge in [0.25, 0.3) is 0 Å². The lowest BCUT2D eigenvalue weighted by Crippen LogP contribution is -1.91. The number of rotatable bonds is 0. The lowest BCUT2D eigenvalue weighted by molar-refractivity contribution is 0.242. The molecule has 2 aliphatic heterocycles. The van der Waals surface area contributed by atoms with Gasteiger partial charge >= 0.3 is 0 Å². The Kier molecular flexibility index (Phi) is 0.859. The van der Waals surface area contributed by atoms with Crippen LogP contribution in [-0.2, 0) is 9.47 Å². The second-order valence-corrected chi connectivity index (χ2v) is 1.79. The molecule has 0 atom stereocenters. The summed E-state index contributed by atoms with van der Waals surface area (Å²) < 4.78 is 10.2. The SMILES string of the molecule is [C]1=COC2=CCOC2=C1. The zero-order valence-electron chi connectivity index (χ0n) is 4.76. The van der Waals surface area contributed by atoms with E-state index in [2.05, 4.69) is 6.08 Å². The molecular formula is C7H5O2. The van der Waals surface area contributed by atoms with Gasteiger partial charge in [0.1, 0.15) is 6.61 Å². The van der Waals surface area contributed by atoms with Gasteiger partial charge in [0.15, 0.2) is 11.5 Å². The van der Waals surface area contributed by atoms with Crippen LogP contribution in [0.2, 0.25) is 0 Å². The van der Waals surface area contributed by atoms with Crippen molar-refractivity contribution in [3.63, 3.8) is 0 Å². The molecule has 45 valence electrons. The third-order valence-corrected chi connectivity index (χ3v) is 1.22. The largest absolute Gasteiger partial charge is 0.485 e. The van der Waals surface area contributed by atoms with Gasteiger partial charge in [-0.25, -0.2) is 0 Å². The molecule has 2 heteroatoms. The average Bonchev–Trinajstić information content (AvgIpc) is 2.33. The summed E-state index contributed by atoms with van der Waals surface area (Å²) in [6, 6.07) is 0. The van der Waals surface area contributed by atoms with Gasteiger partial charge in [0.2, 0.25) is 0 Å². The Labute approximate surface area is 53.1 Å². The maximum Gasteiger partial charge on any atom is 0.167 e. The highest BCUT2D eigenvalue weighted by atomic mass is 16.5. The fraction of sp³-hybridized carbons (Fsp3) is 0.143. The highest BCUT2D eigenvalue weighted by Crippen LogP contribution is 2.22. The quantitative estimate of drug-likeness (QED) is 0.478. The summed E-state index contributed by atoms with van der Waals surface area (Å²) in [6.45, 7) is 0.622. The maximum absolute atomic E-state index is 5.12. The van der Waals surface area contributed by atoms with Crippen LogP contribution in [-0.4, -0.2) is 6.61 Å². The molecule has 0 saturated carbocycles. The molecule has 0 aliphatic carbocycles. The van der Waals surface area contributed by atoms with E-state index in [4.69, 9.17) is 9.47 Å². The van der Waals surface area contributed by atoms with Crippen LogP contribution in [0.25, 0.3) is 0 Å². The number of hydrogen-bond acceptors (Lipinski definition) is 2. The first-order valence-corrected chi connectivity index (χ1v) is 2.75. The molecule has 0 bridgehead atoms. The highest BCUT2D eigenvalue weighted by molar-refractivity contribution is 5.29. The second-order valence-electron chi connectivity index (χ2n) is 1.79. The third-order valence-electron chi connectivity index (χ3n) is 1.22. The van der Waals surface area contributed by atoms with Crippen molar-refractivity contribution < 1.29 is 9.47 Å². The van der Waals surface area contributed by atoms with Crippen LogP contribution in [0.5, 0.6) is 0 Å².